The molecule has 2 heterocycles. The second-order valence-electron chi connectivity index (χ2n) is 6.92. The van der Waals surface area contributed by atoms with Crippen molar-refractivity contribution in [1.29, 1.82) is 5.26 Å². The molecule has 0 radical (unpaired) electrons. The van der Waals surface area contributed by atoms with Crippen molar-refractivity contribution in [3.63, 3.8) is 0 Å². The molecule has 1 aliphatic rings. The van der Waals surface area contributed by atoms with Gasteiger partial charge in [0, 0.05) is 5.02 Å². The first-order chi connectivity index (χ1) is 15.1. The molecule has 1 aliphatic heterocycles. The first-order valence-corrected chi connectivity index (χ1v) is 11.1. The van der Waals surface area contributed by atoms with Crippen LogP contribution in [0.1, 0.15) is 22.6 Å². The lowest BCUT2D eigenvalue weighted by Gasteiger charge is -2.35. The van der Waals surface area contributed by atoms with Crippen LogP contribution in [0, 0.1) is 11.3 Å². The third kappa shape index (κ3) is 3.92. The van der Waals surface area contributed by atoms with E-state index in [0.717, 1.165) is 16.7 Å². The van der Waals surface area contributed by atoms with E-state index in [1.165, 1.54) is 11.8 Å². The first kappa shape index (κ1) is 21.0. The number of rotatable bonds is 5. The van der Waals surface area contributed by atoms with Gasteiger partial charge in [0.1, 0.15) is 11.6 Å². The quantitative estimate of drug-likeness (QED) is 0.445. The number of nitriles is 1. The topological polar surface area (TPSA) is 88.1 Å². The standard InChI is InChI=1S/C23H20ClN5OS/c1-30-22-19-18(15-6-4-3-5-7-15)17(12-25)20(26)29(21(19)27-23(28-22)31-2)13-14-8-10-16(24)11-9-14/h3-11,18H,13,26H2,1-2H3. The smallest absolute Gasteiger partial charge is 0.223 e. The highest BCUT2D eigenvalue weighted by molar-refractivity contribution is 7.98. The summed E-state index contributed by atoms with van der Waals surface area (Å²) in [6.45, 7) is 0.427. The van der Waals surface area contributed by atoms with Gasteiger partial charge < -0.3 is 15.4 Å². The number of aromatic nitrogens is 2. The molecule has 0 saturated heterocycles. The van der Waals surface area contributed by atoms with Crippen molar-refractivity contribution >= 4 is 29.2 Å². The van der Waals surface area contributed by atoms with Crippen LogP contribution in [0.2, 0.25) is 5.02 Å². The van der Waals surface area contributed by atoms with Crippen LogP contribution in [0.15, 0.2) is 71.1 Å². The van der Waals surface area contributed by atoms with Crippen molar-refractivity contribution in [3.8, 4) is 11.9 Å². The summed E-state index contributed by atoms with van der Waals surface area (Å²) in [4.78, 5) is 11.2. The van der Waals surface area contributed by atoms with E-state index in [2.05, 4.69) is 11.1 Å². The zero-order chi connectivity index (χ0) is 22.0. The summed E-state index contributed by atoms with van der Waals surface area (Å²) in [5.74, 6) is 1.01. The van der Waals surface area contributed by atoms with E-state index < -0.39 is 5.92 Å². The Morgan fingerprint density at radius 1 is 1.16 bits per heavy atom. The van der Waals surface area contributed by atoms with E-state index in [-0.39, 0.29) is 0 Å². The molecule has 8 heteroatoms. The van der Waals surface area contributed by atoms with Gasteiger partial charge >= 0.3 is 0 Å². The molecular formula is C23H20ClN5OS. The van der Waals surface area contributed by atoms with Gasteiger partial charge in [0.15, 0.2) is 5.16 Å². The fraction of sp³-hybridized carbons (Fsp3) is 0.174. The lowest BCUT2D eigenvalue weighted by Crippen LogP contribution is -2.36. The number of nitrogens with zero attached hydrogens (tertiary/aromatic N) is 4. The Labute approximate surface area is 190 Å². The predicted octanol–water partition coefficient (Wildman–Crippen LogP) is 4.71. The monoisotopic (exact) mass is 449 g/mol. The summed E-state index contributed by atoms with van der Waals surface area (Å²) < 4.78 is 5.67. The molecule has 1 atom stereocenters. The van der Waals surface area contributed by atoms with Gasteiger partial charge in [0.05, 0.1) is 36.8 Å². The van der Waals surface area contributed by atoms with Crippen LogP contribution in [-0.2, 0) is 6.54 Å². The average molecular weight is 450 g/mol. The highest BCUT2D eigenvalue weighted by Gasteiger charge is 2.38. The summed E-state index contributed by atoms with van der Waals surface area (Å²) in [5, 5.41) is 11.3. The number of hydrogen-bond donors (Lipinski definition) is 1. The lowest BCUT2D eigenvalue weighted by molar-refractivity contribution is 0.385. The normalized spacial score (nSPS) is 15.4. The van der Waals surface area contributed by atoms with Gasteiger partial charge in [-0.25, -0.2) is 4.98 Å². The summed E-state index contributed by atoms with van der Waals surface area (Å²) in [7, 11) is 1.58. The molecule has 31 heavy (non-hydrogen) atoms. The zero-order valence-electron chi connectivity index (χ0n) is 17.0. The van der Waals surface area contributed by atoms with Gasteiger partial charge in [-0.2, -0.15) is 10.2 Å². The Kier molecular flexibility index (Phi) is 6.03. The number of benzene rings is 2. The van der Waals surface area contributed by atoms with E-state index in [4.69, 9.17) is 27.1 Å². The maximum atomic E-state index is 10.1. The van der Waals surface area contributed by atoms with Crippen LogP contribution in [-0.4, -0.2) is 23.3 Å². The van der Waals surface area contributed by atoms with Crippen molar-refractivity contribution < 1.29 is 4.74 Å². The van der Waals surface area contributed by atoms with E-state index in [1.807, 2.05) is 65.8 Å². The van der Waals surface area contributed by atoms with Crippen LogP contribution in [0.5, 0.6) is 5.88 Å². The highest BCUT2D eigenvalue weighted by Crippen LogP contribution is 2.47. The molecule has 0 spiro atoms. The van der Waals surface area contributed by atoms with Crippen LogP contribution >= 0.6 is 23.4 Å². The van der Waals surface area contributed by atoms with Crippen molar-refractivity contribution in [2.24, 2.45) is 5.73 Å². The van der Waals surface area contributed by atoms with Gasteiger partial charge in [0.25, 0.3) is 0 Å². The Morgan fingerprint density at radius 2 is 1.87 bits per heavy atom. The summed E-state index contributed by atoms with van der Waals surface area (Å²) >= 11 is 7.46. The van der Waals surface area contributed by atoms with Crippen molar-refractivity contribution in [2.75, 3.05) is 18.3 Å². The number of halogens is 1. The highest BCUT2D eigenvalue weighted by atomic mass is 35.5. The van der Waals surface area contributed by atoms with Crippen molar-refractivity contribution in [2.45, 2.75) is 17.6 Å². The van der Waals surface area contributed by atoms with Crippen LogP contribution in [0.25, 0.3) is 0 Å². The van der Waals surface area contributed by atoms with Crippen molar-refractivity contribution in [1.82, 2.24) is 9.97 Å². The summed E-state index contributed by atoms with van der Waals surface area (Å²) in [5.41, 5.74) is 9.66. The van der Waals surface area contributed by atoms with Crippen molar-refractivity contribution in [3.05, 3.63) is 87.7 Å². The fourth-order valence-electron chi connectivity index (χ4n) is 3.71. The maximum absolute atomic E-state index is 10.1. The first-order valence-electron chi connectivity index (χ1n) is 9.54. The molecule has 0 amide bonds. The van der Waals surface area contributed by atoms with E-state index in [1.54, 1.807) is 7.11 Å². The number of fused-ring (bicyclic) bond motifs is 1. The lowest BCUT2D eigenvalue weighted by atomic mass is 9.83. The molecule has 4 rings (SSSR count). The Balaban J connectivity index is 1.96. The fourth-order valence-corrected chi connectivity index (χ4v) is 4.19. The molecule has 1 unspecified atom stereocenters. The van der Waals surface area contributed by atoms with Gasteiger partial charge in [-0.05, 0) is 29.5 Å². The third-order valence-electron chi connectivity index (χ3n) is 5.15. The van der Waals surface area contributed by atoms with E-state index in [9.17, 15) is 5.26 Å². The number of methoxy groups -OCH3 is 1. The summed E-state index contributed by atoms with van der Waals surface area (Å²) in [6, 6.07) is 19.6. The van der Waals surface area contributed by atoms with E-state index >= 15 is 0 Å². The Bertz CT molecular complexity index is 1180. The molecule has 156 valence electrons. The molecule has 0 fully saturated rings. The maximum Gasteiger partial charge on any atom is 0.223 e. The largest absolute Gasteiger partial charge is 0.481 e. The molecule has 3 aromatic rings. The molecule has 6 nitrogen and oxygen atoms in total. The number of anilines is 1. The zero-order valence-corrected chi connectivity index (χ0v) is 18.6. The number of ether oxygens (including phenoxy) is 1. The molecule has 2 aromatic carbocycles. The second-order valence-corrected chi connectivity index (χ2v) is 8.13. The Hall–Kier alpha value is -3.21. The third-order valence-corrected chi connectivity index (χ3v) is 5.95. The van der Waals surface area contributed by atoms with Gasteiger partial charge in [0.2, 0.25) is 5.88 Å². The molecule has 2 N–H and O–H groups in total. The average Bonchev–Trinajstić information content (AvgIpc) is 2.81. The van der Waals surface area contributed by atoms with Crippen LogP contribution in [0.4, 0.5) is 5.82 Å². The van der Waals surface area contributed by atoms with Gasteiger partial charge in [-0.3, -0.25) is 0 Å². The SMILES string of the molecule is COc1nc(SC)nc2c1C(c1ccccc1)C(C#N)=C(N)N2Cc1ccc(Cl)cc1. The molecule has 0 saturated carbocycles. The number of hydrogen-bond acceptors (Lipinski definition) is 7. The van der Waals surface area contributed by atoms with Crippen LogP contribution in [0.3, 0.4) is 0 Å². The van der Waals surface area contributed by atoms with Crippen LogP contribution < -0.4 is 15.4 Å². The van der Waals surface area contributed by atoms with Gasteiger partial charge in [-0.1, -0.05) is 65.8 Å². The Morgan fingerprint density at radius 3 is 2.48 bits per heavy atom. The van der Waals surface area contributed by atoms with E-state index in [0.29, 0.717) is 39.8 Å². The minimum Gasteiger partial charge on any atom is -0.481 e. The number of thioether (sulfide) groups is 1. The molecular weight excluding hydrogens is 430 g/mol. The van der Waals surface area contributed by atoms with Gasteiger partial charge in [-0.15, -0.1) is 0 Å². The second kappa shape index (κ2) is 8.88. The predicted molar refractivity (Wildman–Crippen MR) is 123 cm³/mol. The molecule has 0 aliphatic carbocycles. The summed E-state index contributed by atoms with van der Waals surface area (Å²) in [6.07, 6.45) is 1.90. The number of allylic oxidation sites excluding steroid dienone is 1. The number of nitrogens with two attached hydrogens (primary N) is 1. The molecule has 1 aromatic heterocycles. The minimum absolute atomic E-state index is 0.367. The minimum atomic E-state index is -0.423. The molecule has 0 bridgehead atoms.